The van der Waals surface area contributed by atoms with Gasteiger partial charge in [-0.15, -0.1) is 11.3 Å². The van der Waals surface area contributed by atoms with Gasteiger partial charge in [0.05, 0.1) is 11.3 Å². The Morgan fingerprint density at radius 2 is 2.11 bits per heavy atom. The van der Waals surface area contributed by atoms with E-state index >= 15 is 0 Å². The van der Waals surface area contributed by atoms with Crippen molar-refractivity contribution in [2.75, 3.05) is 13.1 Å². The number of hydrogen-bond acceptors (Lipinski definition) is 4. The van der Waals surface area contributed by atoms with Crippen molar-refractivity contribution >= 4 is 28.4 Å². The Bertz CT molecular complexity index is 1030. The molecule has 1 aliphatic heterocycles. The summed E-state index contributed by atoms with van der Waals surface area (Å²) in [7, 11) is 0. The number of thiophene rings is 1. The monoisotopic (exact) mass is 394 g/mol. The second-order valence-corrected chi connectivity index (χ2v) is 9.40. The van der Waals surface area contributed by atoms with E-state index in [9.17, 15) is 4.79 Å². The van der Waals surface area contributed by atoms with E-state index in [1.165, 1.54) is 22.6 Å². The molecule has 0 bridgehead atoms. The lowest BCUT2D eigenvalue weighted by Gasteiger charge is -2.32. The average molecular weight is 395 g/mol. The Labute approximate surface area is 169 Å². The lowest BCUT2D eigenvalue weighted by Crippen LogP contribution is -2.38. The lowest BCUT2D eigenvalue weighted by atomic mass is 9.88. The van der Waals surface area contributed by atoms with Gasteiger partial charge >= 0.3 is 0 Å². The first-order valence-electron chi connectivity index (χ1n) is 10.3. The molecule has 1 saturated heterocycles. The van der Waals surface area contributed by atoms with Crippen molar-refractivity contribution in [3.63, 3.8) is 0 Å². The van der Waals surface area contributed by atoms with E-state index in [0.717, 1.165) is 67.1 Å². The van der Waals surface area contributed by atoms with E-state index in [1.807, 2.05) is 13.1 Å². The number of hydrogen-bond donors (Lipinski definition) is 1. The lowest BCUT2D eigenvalue weighted by molar-refractivity contribution is 0.0711. The SMILES string of the molecule is Cc1cnc2cc(C3CCN(C(=O)c4csc5c4CCC(C)C5)CC3)[nH]c2n1. The molecule has 28 heavy (non-hydrogen) atoms. The van der Waals surface area contributed by atoms with Crippen molar-refractivity contribution in [1.29, 1.82) is 0 Å². The van der Waals surface area contributed by atoms with Gasteiger partial charge in [-0.1, -0.05) is 6.92 Å². The van der Waals surface area contributed by atoms with Crippen LogP contribution >= 0.6 is 11.3 Å². The molecule has 1 atom stereocenters. The molecule has 1 fully saturated rings. The number of piperidine rings is 1. The van der Waals surface area contributed by atoms with E-state index in [0.29, 0.717) is 5.92 Å². The van der Waals surface area contributed by atoms with Crippen molar-refractivity contribution in [3.05, 3.63) is 45.0 Å². The first-order valence-corrected chi connectivity index (χ1v) is 11.2. The van der Waals surface area contributed by atoms with Crippen molar-refractivity contribution < 1.29 is 4.79 Å². The van der Waals surface area contributed by atoms with Crippen LogP contribution in [-0.2, 0) is 12.8 Å². The second-order valence-electron chi connectivity index (χ2n) is 8.44. The Kier molecular flexibility index (Phi) is 4.46. The summed E-state index contributed by atoms with van der Waals surface area (Å²) in [4.78, 5) is 29.1. The standard InChI is InChI=1S/C22H26N4OS/c1-13-3-4-16-17(12-28-20(16)9-13)22(27)26-7-5-15(6-8-26)18-10-19-21(25-18)24-14(2)11-23-19/h10-13,15H,3-9H2,1-2H3,(H,24,25). The number of nitrogens with one attached hydrogen (secondary N) is 1. The van der Waals surface area contributed by atoms with E-state index in [4.69, 9.17) is 0 Å². The molecule has 4 heterocycles. The molecule has 2 aliphatic rings. The van der Waals surface area contributed by atoms with Gasteiger partial charge in [-0.25, -0.2) is 4.98 Å². The molecule has 6 heteroatoms. The van der Waals surface area contributed by atoms with Crippen LogP contribution in [0.3, 0.4) is 0 Å². The van der Waals surface area contributed by atoms with Gasteiger partial charge in [-0.2, -0.15) is 0 Å². The first-order chi connectivity index (χ1) is 13.6. The molecule has 1 unspecified atom stereocenters. The zero-order valence-electron chi connectivity index (χ0n) is 16.5. The summed E-state index contributed by atoms with van der Waals surface area (Å²) >= 11 is 1.78. The van der Waals surface area contributed by atoms with Gasteiger partial charge in [0.1, 0.15) is 5.52 Å². The first kappa shape index (κ1) is 17.9. The number of H-pyrrole nitrogens is 1. The van der Waals surface area contributed by atoms with Crippen LogP contribution in [0.15, 0.2) is 17.6 Å². The topological polar surface area (TPSA) is 61.9 Å². The van der Waals surface area contributed by atoms with Crippen molar-refractivity contribution in [2.24, 2.45) is 5.92 Å². The van der Waals surface area contributed by atoms with Crippen molar-refractivity contribution in [1.82, 2.24) is 19.9 Å². The molecule has 3 aromatic heterocycles. The minimum Gasteiger partial charge on any atom is -0.342 e. The number of likely N-dealkylation sites (tertiary alicyclic amines) is 1. The number of aromatic amines is 1. The fourth-order valence-corrected chi connectivity index (χ4v) is 5.88. The Morgan fingerprint density at radius 1 is 1.29 bits per heavy atom. The second kappa shape index (κ2) is 6.99. The average Bonchev–Trinajstić information content (AvgIpc) is 3.30. The highest BCUT2D eigenvalue weighted by molar-refractivity contribution is 7.10. The number of amides is 1. The summed E-state index contributed by atoms with van der Waals surface area (Å²) in [5.41, 5.74) is 6.23. The maximum Gasteiger partial charge on any atom is 0.254 e. The zero-order chi connectivity index (χ0) is 19.3. The van der Waals surface area contributed by atoms with Crippen molar-refractivity contribution in [2.45, 2.75) is 51.9 Å². The van der Waals surface area contributed by atoms with Crippen LogP contribution in [0.4, 0.5) is 0 Å². The number of aryl methyl sites for hydroxylation is 1. The number of aromatic nitrogens is 3. The molecule has 0 spiro atoms. The van der Waals surface area contributed by atoms with Crippen LogP contribution in [0.25, 0.3) is 11.2 Å². The van der Waals surface area contributed by atoms with Gasteiger partial charge in [0.2, 0.25) is 0 Å². The number of rotatable bonds is 2. The molecule has 1 aliphatic carbocycles. The normalized spacial score (nSPS) is 20.5. The Hall–Kier alpha value is -2.21. The van der Waals surface area contributed by atoms with Gasteiger partial charge in [0, 0.05) is 41.2 Å². The van der Waals surface area contributed by atoms with E-state index in [2.05, 4.69) is 38.2 Å². The predicted octanol–water partition coefficient (Wildman–Crippen LogP) is 4.47. The maximum absolute atomic E-state index is 13.1. The molecular weight excluding hydrogens is 368 g/mol. The summed E-state index contributed by atoms with van der Waals surface area (Å²) in [6.45, 7) is 5.91. The summed E-state index contributed by atoms with van der Waals surface area (Å²) in [6.07, 6.45) is 7.18. The summed E-state index contributed by atoms with van der Waals surface area (Å²) in [5.74, 6) is 1.42. The molecule has 5 nitrogen and oxygen atoms in total. The molecule has 0 radical (unpaired) electrons. The molecule has 146 valence electrons. The summed E-state index contributed by atoms with van der Waals surface area (Å²) < 4.78 is 0. The van der Waals surface area contributed by atoms with E-state index < -0.39 is 0 Å². The highest BCUT2D eigenvalue weighted by atomic mass is 32.1. The van der Waals surface area contributed by atoms with Gasteiger partial charge < -0.3 is 9.88 Å². The summed E-state index contributed by atoms with van der Waals surface area (Å²) in [5, 5.41) is 2.11. The molecule has 1 N–H and O–H groups in total. The van der Waals surface area contributed by atoms with Gasteiger partial charge in [-0.3, -0.25) is 9.78 Å². The highest BCUT2D eigenvalue weighted by Gasteiger charge is 2.29. The summed E-state index contributed by atoms with van der Waals surface area (Å²) in [6, 6.07) is 2.13. The third-order valence-corrected chi connectivity index (χ3v) is 7.38. The molecule has 1 amide bonds. The fraction of sp³-hybridized carbons (Fsp3) is 0.500. The van der Waals surface area contributed by atoms with Gasteiger partial charge in [0.25, 0.3) is 5.91 Å². The van der Waals surface area contributed by atoms with Crippen LogP contribution in [-0.4, -0.2) is 38.8 Å². The Morgan fingerprint density at radius 3 is 2.93 bits per heavy atom. The van der Waals surface area contributed by atoms with E-state index in [1.54, 1.807) is 11.3 Å². The predicted molar refractivity (Wildman–Crippen MR) is 112 cm³/mol. The largest absolute Gasteiger partial charge is 0.342 e. The zero-order valence-corrected chi connectivity index (χ0v) is 17.3. The fourth-order valence-electron chi connectivity index (χ4n) is 4.64. The van der Waals surface area contributed by atoms with Crippen LogP contribution in [0.2, 0.25) is 0 Å². The third kappa shape index (κ3) is 3.13. The van der Waals surface area contributed by atoms with Crippen LogP contribution in [0.5, 0.6) is 0 Å². The smallest absolute Gasteiger partial charge is 0.254 e. The molecule has 0 aromatic carbocycles. The molecule has 3 aromatic rings. The molecular formula is C22H26N4OS. The van der Waals surface area contributed by atoms with Crippen LogP contribution in [0.1, 0.15) is 64.3 Å². The number of carbonyl (C=O) groups excluding carboxylic acids is 1. The van der Waals surface area contributed by atoms with E-state index in [-0.39, 0.29) is 5.91 Å². The van der Waals surface area contributed by atoms with Crippen LogP contribution in [0, 0.1) is 12.8 Å². The number of carbonyl (C=O) groups is 1. The quantitative estimate of drug-likeness (QED) is 0.697. The van der Waals surface area contributed by atoms with Crippen molar-refractivity contribution in [3.8, 4) is 0 Å². The number of fused-ring (bicyclic) bond motifs is 2. The molecule has 5 rings (SSSR count). The van der Waals surface area contributed by atoms with Gasteiger partial charge in [-0.05, 0) is 56.6 Å². The highest BCUT2D eigenvalue weighted by Crippen LogP contribution is 2.35. The Balaban J connectivity index is 1.28. The maximum atomic E-state index is 13.1. The third-order valence-electron chi connectivity index (χ3n) is 6.33. The minimum atomic E-state index is 0.237. The van der Waals surface area contributed by atoms with Gasteiger partial charge in [0.15, 0.2) is 5.65 Å². The number of nitrogens with zero attached hydrogens (tertiary/aromatic N) is 3. The molecule has 0 saturated carbocycles. The minimum absolute atomic E-state index is 0.237. The van der Waals surface area contributed by atoms with Crippen LogP contribution < -0.4 is 0 Å².